The van der Waals surface area contributed by atoms with Crippen LogP contribution in [0.2, 0.25) is 0 Å². The van der Waals surface area contributed by atoms with E-state index in [9.17, 15) is 8.42 Å². The van der Waals surface area contributed by atoms with E-state index in [0.717, 1.165) is 24.5 Å². The Bertz CT molecular complexity index is 753. The highest BCUT2D eigenvalue weighted by Crippen LogP contribution is 2.16. The molecule has 0 spiro atoms. The molecule has 0 saturated heterocycles. The van der Waals surface area contributed by atoms with Gasteiger partial charge in [-0.25, -0.2) is 8.42 Å². The van der Waals surface area contributed by atoms with Gasteiger partial charge in [-0.1, -0.05) is 18.2 Å². The molecule has 2 N–H and O–H groups in total. The molecule has 2 aromatic rings. The second kappa shape index (κ2) is 5.57. The van der Waals surface area contributed by atoms with Crippen molar-refractivity contribution in [2.24, 2.45) is 4.99 Å². The average Bonchev–Trinajstić information content (AvgIpc) is 3.03. The molecule has 0 aromatic heterocycles. The Morgan fingerprint density at radius 3 is 2.33 bits per heavy atom. The summed E-state index contributed by atoms with van der Waals surface area (Å²) in [5, 5.41) is 3.18. The summed E-state index contributed by atoms with van der Waals surface area (Å²) in [6, 6.07) is 15.5. The zero-order valence-electron chi connectivity index (χ0n) is 11.3. The molecule has 0 aliphatic carbocycles. The minimum Gasteiger partial charge on any atom is -0.368 e. The molecule has 0 radical (unpaired) electrons. The van der Waals surface area contributed by atoms with E-state index < -0.39 is 10.0 Å². The molecular formula is C15H15N3O2S. The molecule has 0 bridgehead atoms. The smallest absolute Gasteiger partial charge is 0.261 e. The third-order valence-corrected chi connectivity index (χ3v) is 4.54. The zero-order valence-corrected chi connectivity index (χ0v) is 12.1. The Hall–Kier alpha value is -2.34. The van der Waals surface area contributed by atoms with Crippen molar-refractivity contribution in [2.45, 2.75) is 4.90 Å². The van der Waals surface area contributed by atoms with Gasteiger partial charge in [-0.2, -0.15) is 0 Å². The van der Waals surface area contributed by atoms with Gasteiger partial charge in [0, 0.05) is 17.8 Å². The molecule has 3 rings (SSSR count). The second-order valence-electron chi connectivity index (χ2n) is 4.65. The van der Waals surface area contributed by atoms with Crippen molar-refractivity contribution in [3.63, 3.8) is 0 Å². The molecule has 1 heterocycles. The number of rotatable bonds is 4. The van der Waals surface area contributed by atoms with Crippen molar-refractivity contribution in [1.82, 2.24) is 5.32 Å². The Balaban J connectivity index is 1.79. The summed E-state index contributed by atoms with van der Waals surface area (Å²) in [5.74, 6) is 0.854. The van der Waals surface area contributed by atoms with E-state index in [-0.39, 0.29) is 4.90 Å². The van der Waals surface area contributed by atoms with Gasteiger partial charge in [0.05, 0.1) is 11.4 Å². The van der Waals surface area contributed by atoms with Crippen molar-refractivity contribution in [3.8, 4) is 0 Å². The molecule has 5 nitrogen and oxygen atoms in total. The van der Waals surface area contributed by atoms with E-state index in [1.807, 2.05) is 12.1 Å². The lowest BCUT2D eigenvalue weighted by atomic mass is 10.2. The van der Waals surface area contributed by atoms with Gasteiger partial charge < -0.3 is 5.32 Å². The van der Waals surface area contributed by atoms with E-state index in [0.29, 0.717) is 5.69 Å². The zero-order chi connectivity index (χ0) is 14.7. The van der Waals surface area contributed by atoms with E-state index >= 15 is 0 Å². The highest BCUT2D eigenvalue weighted by molar-refractivity contribution is 7.92. The van der Waals surface area contributed by atoms with Gasteiger partial charge in [0.1, 0.15) is 5.84 Å². The Labute approximate surface area is 123 Å². The molecular weight excluding hydrogens is 286 g/mol. The van der Waals surface area contributed by atoms with Crippen LogP contribution in [0.3, 0.4) is 0 Å². The minimum atomic E-state index is -3.54. The van der Waals surface area contributed by atoms with Gasteiger partial charge in [-0.15, -0.1) is 0 Å². The first-order valence-corrected chi connectivity index (χ1v) is 8.10. The molecule has 0 amide bonds. The number of nitrogens with one attached hydrogen (secondary N) is 2. The van der Waals surface area contributed by atoms with E-state index in [4.69, 9.17) is 0 Å². The van der Waals surface area contributed by atoms with Crippen molar-refractivity contribution in [1.29, 1.82) is 0 Å². The van der Waals surface area contributed by atoms with Crippen LogP contribution in [0.15, 0.2) is 64.5 Å². The summed E-state index contributed by atoms with van der Waals surface area (Å²) in [5.41, 5.74) is 1.48. The summed E-state index contributed by atoms with van der Waals surface area (Å²) in [6.07, 6.45) is 0. The van der Waals surface area contributed by atoms with Crippen LogP contribution in [0.1, 0.15) is 5.56 Å². The van der Waals surface area contributed by atoms with Crippen LogP contribution in [0.5, 0.6) is 0 Å². The van der Waals surface area contributed by atoms with E-state index in [1.165, 1.54) is 0 Å². The molecule has 6 heteroatoms. The van der Waals surface area contributed by atoms with Crippen molar-refractivity contribution in [2.75, 3.05) is 17.8 Å². The van der Waals surface area contributed by atoms with Crippen molar-refractivity contribution < 1.29 is 8.42 Å². The molecule has 21 heavy (non-hydrogen) atoms. The molecule has 0 atom stereocenters. The van der Waals surface area contributed by atoms with Crippen LogP contribution in [0.25, 0.3) is 0 Å². The number of anilines is 1. The fourth-order valence-electron chi connectivity index (χ4n) is 2.10. The molecule has 1 aliphatic rings. The van der Waals surface area contributed by atoms with Gasteiger partial charge in [0.25, 0.3) is 10.0 Å². The maximum absolute atomic E-state index is 12.2. The van der Waals surface area contributed by atoms with Gasteiger partial charge >= 0.3 is 0 Å². The fraction of sp³-hybridized carbons (Fsp3) is 0.133. The lowest BCUT2D eigenvalue weighted by molar-refractivity contribution is 0.601. The topological polar surface area (TPSA) is 70.6 Å². The number of sulfonamides is 1. The quantitative estimate of drug-likeness (QED) is 0.905. The molecule has 2 aromatic carbocycles. The predicted octanol–water partition coefficient (Wildman–Crippen LogP) is 1.84. The number of hydrogen-bond acceptors (Lipinski definition) is 4. The number of amidine groups is 1. The van der Waals surface area contributed by atoms with Crippen molar-refractivity contribution in [3.05, 3.63) is 60.2 Å². The fourth-order valence-corrected chi connectivity index (χ4v) is 3.18. The Kier molecular flexibility index (Phi) is 3.62. The lowest BCUT2D eigenvalue weighted by Crippen LogP contribution is -2.19. The standard InChI is InChI=1S/C15H15N3O2S/c19-21(20,14-4-2-1-3-5-14)18-13-8-6-12(7-9-13)15-16-10-11-17-15/h1-9,18H,10-11H2,(H,16,17). The Morgan fingerprint density at radius 2 is 1.71 bits per heavy atom. The third kappa shape index (κ3) is 3.05. The van der Waals surface area contributed by atoms with Gasteiger partial charge in [-0.3, -0.25) is 9.71 Å². The summed E-state index contributed by atoms with van der Waals surface area (Å²) in [7, 11) is -3.54. The first-order valence-electron chi connectivity index (χ1n) is 6.62. The average molecular weight is 301 g/mol. The molecule has 108 valence electrons. The third-order valence-electron chi connectivity index (χ3n) is 3.14. The van der Waals surface area contributed by atoms with Crippen LogP contribution >= 0.6 is 0 Å². The molecule has 0 unspecified atom stereocenters. The maximum atomic E-state index is 12.2. The van der Waals surface area contributed by atoms with Gasteiger partial charge in [0.15, 0.2) is 0 Å². The van der Waals surface area contributed by atoms with Crippen LogP contribution in [0.4, 0.5) is 5.69 Å². The SMILES string of the molecule is O=S(=O)(Nc1ccc(C2=NCCN2)cc1)c1ccccc1. The number of hydrogen-bond donors (Lipinski definition) is 2. The number of benzene rings is 2. The van der Waals surface area contributed by atoms with Crippen LogP contribution < -0.4 is 10.0 Å². The monoisotopic (exact) mass is 301 g/mol. The normalized spacial score (nSPS) is 14.4. The summed E-state index contributed by atoms with van der Waals surface area (Å²) in [4.78, 5) is 4.57. The Morgan fingerprint density at radius 1 is 1.00 bits per heavy atom. The minimum absolute atomic E-state index is 0.246. The molecule has 0 fully saturated rings. The van der Waals surface area contributed by atoms with E-state index in [1.54, 1.807) is 42.5 Å². The number of nitrogens with zero attached hydrogens (tertiary/aromatic N) is 1. The van der Waals surface area contributed by atoms with Crippen LogP contribution in [-0.4, -0.2) is 27.3 Å². The highest BCUT2D eigenvalue weighted by Gasteiger charge is 2.14. The predicted molar refractivity (Wildman–Crippen MR) is 83.1 cm³/mol. The molecule has 0 saturated carbocycles. The maximum Gasteiger partial charge on any atom is 0.261 e. The first-order chi connectivity index (χ1) is 10.1. The van der Waals surface area contributed by atoms with Crippen LogP contribution in [0, 0.1) is 0 Å². The number of aliphatic imine (C=N–C) groups is 1. The first kappa shape index (κ1) is 13.6. The van der Waals surface area contributed by atoms with Gasteiger partial charge in [-0.05, 0) is 36.4 Å². The summed E-state index contributed by atoms with van der Waals surface area (Å²) >= 11 is 0. The highest BCUT2D eigenvalue weighted by atomic mass is 32.2. The lowest BCUT2D eigenvalue weighted by Gasteiger charge is -2.09. The summed E-state index contributed by atoms with van der Waals surface area (Å²) in [6.45, 7) is 1.62. The van der Waals surface area contributed by atoms with Crippen LogP contribution in [-0.2, 0) is 10.0 Å². The van der Waals surface area contributed by atoms with Crippen molar-refractivity contribution >= 4 is 21.5 Å². The van der Waals surface area contributed by atoms with Gasteiger partial charge in [0.2, 0.25) is 0 Å². The summed E-state index contributed by atoms with van der Waals surface area (Å²) < 4.78 is 27.0. The van der Waals surface area contributed by atoms with E-state index in [2.05, 4.69) is 15.0 Å². The second-order valence-corrected chi connectivity index (χ2v) is 6.34. The molecule has 1 aliphatic heterocycles. The largest absolute Gasteiger partial charge is 0.368 e.